The molecular formula is C26H24N4O3. The predicted octanol–water partition coefficient (Wildman–Crippen LogP) is 5.41. The first kappa shape index (κ1) is 21.8. The zero-order valence-corrected chi connectivity index (χ0v) is 18.1. The Morgan fingerprint density at radius 1 is 0.848 bits per heavy atom. The molecule has 7 heteroatoms. The predicted molar refractivity (Wildman–Crippen MR) is 128 cm³/mol. The lowest BCUT2D eigenvalue weighted by atomic mass is 10.1. The number of rotatable bonds is 7. The van der Waals surface area contributed by atoms with E-state index < -0.39 is 0 Å². The van der Waals surface area contributed by atoms with Crippen molar-refractivity contribution < 1.29 is 14.0 Å². The lowest BCUT2D eigenvalue weighted by Gasteiger charge is -2.15. The van der Waals surface area contributed by atoms with Crippen LogP contribution in [0.15, 0.2) is 95.6 Å². The second kappa shape index (κ2) is 10.3. The zero-order valence-electron chi connectivity index (χ0n) is 18.1. The molecule has 3 N–H and O–H groups in total. The quantitative estimate of drug-likeness (QED) is 0.358. The van der Waals surface area contributed by atoms with E-state index in [9.17, 15) is 9.59 Å². The minimum absolute atomic E-state index is 0.125. The normalized spacial score (nSPS) is 11.4. The summed E-state index contributed by atoms with van der Waals surface area (Å²) in [4.78, 5) is 29.0. The monoisotopic (exact) mass is 440 g/mol. The van der Waals surface area contributed by atoms with E-state index in [1.165, 1.54) is 6.26 Å². The molecule has 7 nitrogen and oxygen atoms in total. The molecule has 0 radical (unpaired) electrons. The number of para-hydroxylation sites is 1. The molecule has 0 bridgehead atoms. The van der Waals surface area contributed by atoms with E-state index >= 15 is 0 Å². The Morgan fingerprint density at radius 2 is 1.45 bits per heavy atom. The first-order valence-electron chi connectivity index (χ1n) is 10.6. The molecule has 0 saturated heterocycles. The number of aromatic nitrogens is 1. The lowest BCUT2D eigenvalue weighted by molar-refractivity contribution is -0.121. The number of amides is 3. The third-order valence-electron chi connectivity index (χ3n) is 4.99. The summed E-state index contributed by atoms with van der Waals surface area (Å²) in [6.07, 6.45) is 1.63. The first-order chi connectivity index (χ1) is 16.1. The van der Waals surface area contributed by atoms with Crippen LogP contribution in [0, 0.1) is 0 Å². The fraction of sp³-hybridized carbons (Fsp3) is 0.115. The van der Waals surface area contributed by atoms with E-state index in [2.05, 4.69) is 20.9 Å². The van der Waals surface area contributed by atoms with Gasteiger partial charge in [0.2, 0.25) is 11.8 Å². The van der Waals surface area contributed by atoms with Crippen LogP contribution in [-0.2, 0) is 11.2 Å². The smallest absolute Gasteiger partial charge is 0.323 e. The molecule has 0 fully saturated rings. The van der Waals surface area contributed by atoms with Gasteiger partial charge in [-0.2, -0.15) is 0 Å². The van der Waals surface area contributed by atoms with Crippen LogP contribution in [0.3, 0.4) is 0 Å². The van der Waals surface area contributed by atoms with Crippen molar-refractivity contribution in [2.45, 2.75) is 19.4 Å². The Balaban J connectivity index is 1.28. The van der Waals surface area contributed by atoms with E-state index in [0.717, 1.165) is 11.1 Å². The van der Waals surface area contributed by atoms with Crippen molar-refractivity contribution in [2.24, 2.45) is 0 Å². The van der Waals surface area contributed by atoms with Gasteiger partial charge in [-0.15, -0.1) is 0 Å². The lowest BCUT2D eigenvalue weighted by Crippen LogP contribution is -2.28. The molecular weight excluding hydrogens is 416 g/mol. The summed E-state index contributed by atoms with van der Waals surface area (Å²) in [7, 11) is 0. The molecule has 0 aliphatic rings. The van der Waals surface area contributed by atoms with Crippen LogP contribution >= 0.6 is 0 Å². The standard InChI is InChI=1S/C26H24N4O3/c1-18(27-24(31)16-23-17-33-25(28-23)20-8-4-2-5-9-20)19-12-14-22(15-13-19)30-26(32)29-21-10-6-3-7-11-21/h2-15,17-18H,16H2,1H3,(H,27,31)(H2,29,30,32). The summed E-state index contributed by atoms with van der Waals surface area (Å²) >= 11 is 0. The fourth-order valence-corrected chi connectivity index (χ4v) is 3.31. The third-order valence-corrected chi connectivity index (χ3v) is 4.99. The number of nitrogens with one attached hydrogen (secondary N) is 3. The van der Waals surface area contributed by atoms with Crippen molar-refractivity contribution in [1.82, 2.24) is 10.3 Å². The van der Waals surface area contributed by atoms with Crippen molar-refractivity contribution >= 4 is 23.3 Å². The van der Waals surface area contributed by atoms with Crippen LogP contribution in [0.2, 0.25) is 0 Å². The molecule has 4 rings (SSSR count). The maximum Gasteiger partial charge on any atom is 0.323 e. The van der Waals surface area contributed by atoms with E-state index in [4.69, 9.17) is 4.42 Å². The van der Waals surface area contributed by atoms with Crippen molar-refractivity contribution in [1.29, 1.82) is 0 Å². The summed E-state index contributed by atoms with van der Waals surface area (Å²) in [6, 6.07) is 25.6. The Kier molecular flexibility index (Phi) is 6.80. The van der Waals surface area contributed by atoms with Gasteiger partial charge in [0, 0.05) is 16.9 Å². The number of carbonyl (C=O) groups excluding carboxylic acids is 2. The van der Waals surface area contributed by atoms with Crippen molar-refractivity contribution in [3.05, 3.63) is 102 Å². The summed E-state index contributed by atoms with van der Waals surface area (Å²) in [5.41, 5.74) is 3.72. The fourth-order valence-electron chi connectivity index (χ4n) is 3.31. The van der Waals surface area contributed by atoms with Gasteiger partial charge < -0.3 is 20.4 Å². The molecule has 4 aromatic rings. The molecule has 166 valence electrons. The average molecular weight is 441 g/mol. The van der Waals surface area contributed by atoms with Crippen LogP contribution in [0.4, 0.5) is 16.2 Å². The number of oxazole rings is 1. The van der Waals surface area contributed by atoms with Crippen LogP contribution in [0.25, 0.3) is 11.5 Å². The molecule has 1 aromatic heterocycles. The molecule has 3 amide bonds. The number of benzene rings is 3. The Labute approximate surface area is 191 Å². The summed E-state index contributed by atoms with van der Waals surface area (Å²) < 4.78 is 5.49. The number of carbonyl (C=O) groups is 2. The van der Waals surface area contributed by atoms with Gasteiger partial charge in [0.25, 0.3) is 0 Å². The second-order valence-electron chi connectivity index (χ2n) is 7.54. The Bertz CT molecular complexity index is 1210. The number of hydrogen-bond acceptors (Lipinski definition) is 4. The Morgan fingerprint density at radius 3 is 2.12 bits per heavy atom. The van der Waals surface area contributed by atoms with E-state index in [0.29, 0.717) is 23.0 Å². The van der Waals surface area contributed by atoms with Gasteiger partial charge in [-0.3, -0.25) is 4.79 Å². The number of anilines is 2. The highest BCUT2D eigenvalue weighted by molar-refractivity contribution is 5.99. The van der Waals surface area contributed by atoms with Crippen LogP contribution < -0.4 is 16.0 Å². The third kappa shape index (κ3) is 6.07. The largest absolute Gasteiger partial charge is 0.444 e. The molecule has 0 aliphatic carbocycles. The molecule has 0 aliphatic heterocycles. The summed E-state index contributed by atoms with van der Waals surface area (Å²) in [5.74, 6) is 0.339. The molecule has 1 unspecified atom stereocenters. The highest BCUT2D eigenvalue weighted by Gasteiger charge is 2.14. The highest BCUT2D eigenvalue weighted by Crippen LogP contribution is 2.19. The van der Waals surface area contributed by atoms with E-state index in [1.54, 1.807) is 12.1 Å². The SMILES string of the molecule is CC(NC(=O)Cc1coc(-c2ccccc2)n1)c1ccc(NC(=O)Nc2ccccc2)cc1. The van der Waals surface area contributed by atoms with Crippen LogP contribution in [0.1, 0.15) is 24.2 Å². The van der Waals surface area contributed by atoms with Gasteiger partial charge in [0.05, 0.1) is 18.2 Å². The van der Waals surface area contributed by atoms with Gasteiger partial charge in [-0.1, -0.05) is 48.5 Å². The van der Waals surface area contributed by atoms with Gasteiger partial charge in [0.1, 0.15) is 6.26 Å². The minimum Gasteiger partial charge on any atom is -0.444 e. The zero-order chi connectivity index (χ0) is 23.0. The van der Waals surface area contributed by atoms with Gasteiger partial charge in [0.15, 0.2) is 0 Å². The minimum atomic E-state index is -0.321. The number of urea groups is 1. The van der Waals surface area contributed by atoms with Gasteiger partial charge in [-0.05, 0) is 48.9 Å². The topological polar surface area (TPSA) is 96.3 Å². The van der Waals surface area contributed by atoms with Crippen molar-refractivity contribution in [3.8, 4) is 11.5 Å². The average Bonchev–Trinajstić information content (AvgIpc) is 3.29. The molecule has 3 aromatic carbocycles. The van der Waals surface area contributed by atoms with Crippen LogP contribution in [0.5, 0.6) is 0 Å². The molecule has 33 heavy (non-hydrogen) atoms. The van der Waals surface area contributed by atoms with Crippen molar-refractivity contribution in [3.63, 3.8) is 0 Å². The Hall–Kier alpha value is -4.39. The van der Waals surface area contributed by atoms with Gasteiger partial charge in [-0.25, -0.2) is 9.78 Å². The maximum atomic E-state index is 12.5. The highest BCUT2D eigenvalue weighted by atomic mass is 16.3. The maximum absolute atomic E-state index is 12.5. The molecule has 0 spiro atoms. The summed E-state index contributed by atoms with van der Waals surface area (Å²) in [6.45, 7) is 1.90. The molecule has 0 saturated carbocycles. The number of nitrogens with zero attached hydrogens (tertiary/aromatic N) is 1. The van der Waals surface area contributed by atoms with E-state index in [-0.39, 0.29) is 24.4 Å². The first-order valence-corrected chi connectivity index (χ1v) is 10.6. The van der Waals surface area contributed by atoms with Crippen LogP contribution in [-0.4, -0.2) is 16.9 Å². The van der Waals surface area contributed by atoms with Crippen molar-refractivity contribution in [2.75, 3.05) is 10.6 Å². The van der Waals surface area contributed by atoms with Gasteiger partial charge >= 0.3 is 6.03 Å². The van der Waals surface area contributed by atoms with E-state index in [1.807, 2.05) is 79.7 Å². The molecule has 1 heterocycles. The number of hydrogen-bond donors (Lipinski definition) is 3. The summed E-state index contributed by atoms with van der Waals surface area (Å²) in [5, 5.41) is 8.52. The molecule has 1 atom stereocenters. The second-order valence-corrected chi connectivity index (χ2v) is 7.54.